The van der Waals surface area contributed by atoms with Crippen molar-refractivity contribution in [3.8, 4) is 0 Å². The van der Waals surface area contributed by atoms with Crippen LogP contribution in [0.4, 0.5) is 5.13 Å². The lowest BCUT2D eigenvalue weighted by Gasteiger charge is -2.34. The summed E-state index contributed by atoms with van der Waals surface area (Å²) in [5.74, 6) is 0.855. The maximum atomic E-state index is 12.9. The first-order valence-electron chi connectivity index (χ1n) is 11.7. The highest BCUT2D eigenvalue weighted by Crippen LogP contribution is 2.22. The molecule has 0 spiro atoms. The highest BCUT2D eigenvalue weighted by atomic mass is 32.2. The molecule has 10 heteroatoms. The number of fused-ring (bicyclic) bond motifs is 1. The summed E-state index contributed by atoms with van der Waals surface area (Å²) in [7, 11) is -3.63. The van der Waals surface area contributed by atoms with Crippen molar-refractivity contribution in [2.24, 2.45) is 0 Å². The Kier molecular flexibility index (Phi) is 7.05. The molecule has 182 valence electrons. The predicted molar refractivity (Wildman–Crippen MR) is 139 cm³/mol. The van der Waals surface area contributed by atoms with Crippen molar-refractivity contribution in [3.05, 3.63) is 77.7 Å². The molecule has 5 rings (SSSR count). The Morgan fingerprint density at radius 3 is 2.57 bits per heavy atom. The van der Waals surface area contributed by atoms with Crippen molar-refractivity contribution >= 4 is 37.6 Å². The van der Waals surface area contributed by atoms with Crippen LogP contribution in [0.1, 0.15) is 17.0 Å². The third-order valence-electron chi connectivity index (χ3n) is 6.19. The number of aryl methyl sites for hydroxylation is 1. The van der Waals surface area contributed by atoms with Gasteiger partial charge in [-0.05, 0) is 24.6 Å². The second-order valence-corrected chi connectivity index (χ2v) is 11.2. The standard InChI is InChI=1S/C25H28N6O2S2/c1-19-7-9-20(10-8-19)18-23-28-25(34-29-23)31-16-14-30(15-17-31)13-12-27-35(32,33)22-6-2-4-21-5-3-11-26-24(21)22/h2-11,27H,12-18H2,1H3. The summed E-state index contributed by atoms with van der Waals surface area (Å²) in [4.78, 5) is 13.8. The maximum absolute atomic E-state index is 12.9. The van der Waals surface area contributed by atoms with E-state index in [1.165, 1.54) is 22.7 Å². The largest absolute Gasteiger partial charge is 0.344 e. The molecule has 2 aromatic carbocycles. The summed E-state index contributed by atoms with van der Waals surface area (Å²) in [6.45, 7) is 6.48. The zero-order valence-corrected chi connectivity index (χ0v) is 21.2. The molecule has 8 nitrogen and oxygen atoms in total. The van der Waals surface area contributed by atoms with E-state index in [-0.39, 0.29) is 4.90 Å². The third kappa shape index (κ3) is 5.67. The smallest absolute Gasteiger partial charge is 0.242 e. The summed E-state index contributed by atoms with van der Waals surface area (Å²) >= 11 is 1.45. The Morgan fingerprint density at radius 2 is 1.77 bits per heavy atom. The minimum absolute atomic E-state index is 0.220. The summed E-state index contributed by atoms with van der Waals surface area (Å²) < 4.78 is 33.1. The predicted octanol–water partition coefficient (Wildman–Crippen LogP) is 3.09. The topological polar surface area (TPSA) is 91.3 Å². The fourth-order valence-corrected chi connectivity index (χ4v) is 6.14. The summed E-state index contributed by atoms with van der Waals surface area (Å²) in [5.41, 5.74) is 2.96. The van der Waals surface area contributed by atoms with Crippen LogP contribution < -0.4 is 9.62 Å². The van der Waals surface area contributed by atoms with Crippen LogP contribution in [0, 0.1) is 6.92 Å². The Balaban J connectivity index is 1.11. The van der Waals surface area contributed by atoms with Crippen LogP contribution in [0.3, 0.4) is 0 Å². The van der Waals surface area contributed by atoms with Gasteiger partial charge in [0.15, 0.2) is 0 Å². The molecule has 4 aromatic rings. The van der Waals surface area contributed by atoms with Crippen LogP contribution in [0.5, 0.6) is 0 Å². The van der Waals surface area contributed by atoms with Gasteiger partial charge in [-0.15, -0.1) is 0 Å². The maximum Gasteiger partial charge on any atom is 0.242 e. The van der Waals surface area contributed by atoms with Gasteiger partial charge < -0.3 is 4.90 Å². The summed E-state index contributed by atoms with van der Waals surface area (Å²) in [6, 6.07) is 17.4. The molecule has 0 bridgehead atoms. The molecule has 1 fully saturated rings. The number of piperazine rings is 1. The Bertz CT molecular complexity index is 1390. The third-order valence-corrected chi connectivity index (χ3v) is 8.50. The van der Waals surface area contributed by atoms with Crippen LogP contribution in [-0.2, 0) is 16.4 Å². The van der Waals surface area contributed by atoms with E-state index in [9.17, 15) is 8.42 Å². The minimum Gasteiger partial charge on any atom is -0.344 e. The number of nitrogens with one attached hydrogen (secondary N) is 1. The van der Waals surface area contributed by atoms with E-state index in [4.69, 9.17) is 4.98 Å². The average molecular weight is 509 g/mol. The molecule has 0 radical (unpaired) electrons. The van der Waals surface area contributed by atoms with Crippen LogP contribution in [0.2, 0.25) is 0 Å². The second kappa shape index (κ2) is 10.4. The monoisotopic (exact) mass is 508 g/mol. The normalized spacial score (nSPS) is 15.1. The Labute approximate surface area is 209 Å². The summed E-state index contributed by atoms with van der Waals surface area (Å²) in [6.07, 6.45) is 2.35. The lowest BCUT2D eigenvalue weighted by molar-refractivity contribution is 0.262. The quantitative estimate of drug-likeness (QED) is 0.391. The molecule has 35 heavy (non-hydrogen) atoms. The van der Waals surface area contributed by atoms with Gasteiger partial charge in [0.1, 0.15) is 10.7 Å². The minimum atomic E-state index is -3.63. The number of pyridine rings is 1. The van der Waals surface area contributed by atoms with E-state index < -0.39 is 10.0 Å². The van der Waals surface area contributed by atoms with E-state index in [1.807, 2.05) is 12.1 Å². The molecule has 1 saturated heterocycles. The average Bonchev–Trinajstić information content (AvgIpc) is 3.34. The number of benzene rings is 2. The molecule has 0 atom stereocenters. The lowest BCUT2D eigenvalue weighted by Crippen LogP contribution is -2.48. The fraction of sp³-hybridized carbons (Fsp3) is 0.320. The zero-order valence-electron chi connectivity index (χ0n) is 19.6. The molecule has 0 saturated carbocycles. The number of hydrogen-bond acceptors (Lipinski definition) is 8. The van der Waals surface area contributed by atoms with Crippen molar-refractivity contribution in [2.75, 3.05) is 44.2 Å². The van der Waals surface area contributed by atoms with Crippen molar-refractivity contribution in [1.82, 2.24) is 24.0 Å². The Hall–Kier alpha value is -2.92. The molecular formula is C25H28N6O2S2. The van der Waals surface area contributed by atoms with Crippen molar-refractivity contribution in [1.29, 1.82) is 0 Å². The van der Waals surface area contributed by atoms with Crippen LogP contribution in [-0.4, -0.2) is 66.9 Å². The van der Waals surface area contributed by atoms with Gasteiger partial charge in [-0.3, -0.25) is 9.88 Å². The van der Waals surface area contributed by atoms with E-state index >= 15 is 0 Å². The van der Waals surface area contributed by atoms with Crippen molar-refractivity contribution in [2.45, 2.75) is 18.2 Å². The number of aromatic nitrogens is 3. The van der Waals surface area contributed by atoms with Gasteiger partial charge in [0.05, 0.1) is 5.52 Å². The van der Waals surface area contributed by atoms with Crippen molar-refractivity contribution < 1.29 is 8.42 Å². The van der Waals surface area contributed by atoms with E-state index in [0.717, 1.165) is 48.9 Å². The lowest BCUT2D eigenvalue weighted by atomic mass is 10.1. The van der Waals surface area contributed by atoms with Gasteiger partial charge in [0, 0.05) is 68.8 Å². The first kappa shape index (κ1) is 23.8. The highest BCUT2D eigenvalue weighted by Gasteiger charge is 2.22. The fourth-order valence-electron chi connectivity index (χ4n) is 4.21. The first-order valence-corrected chi connectivity index (χ1v) is 13.9. The SMILES string of the molecule is Cc1ccc(Cc2nsc(N3CCN(CCNS(=O)(=O)c4cccc5cccnc45)CC3)n2)cc1. The molecule has 3 heterocycles. The van der Waals surface area contributed by atoms with Gasteiger partial charge >= 0.3 is 0 Å². The van der Waals surface area contributed by atoms with E-state index in [2.05, 4.69) is 55.1 Å². The number of sulfonamides is 1. The first-order chi connectivity index (χ1) is 17.0. The molecule has 1 N–H and O–H groups in total. The van der Waals surface area contributed by atoms with Gasteiger partial charge in [-0.1, -0.05) is 48.0 Å². The van der Waals surface area contributed by atoms with Gasteiger partial charge in [0.2, 0.25) is 15.2 Å². The zero-order chi connectivity index (χ0) is 24.3. The molecule has 0 unspecified atom stereocenters. The van der Waals surface area contributed by atoms with Gasteiger partial charge in [-0.25, -0.2) is 18.1 Å². The molecule has 1 aliphatic rings. The number of hydrogen-bond donors (Lipinski definition) is 1. The van der Waals surface area contributed by atoms with Crippen LogP contribution in [0.25, 0.3) is 10.9 Å². The number of para-hydroxylation sites is 1. The van der Waals surface area contributed by atoms with Gasteiger partial charge in [-0.2, -0.15) is 4.37 Å². The Morgan fingerprint density at radius 1 is 1.00 bits per heavy atom. The molecular weight excluding hydrogens is 480 g/mol. The van der Waals surface area contributed by atoms with Crippen molar-refractivity contribution in [3.63, 3.8) is 0 Å². The highest BCUT2D eigenvalue weighted by molar-refractivity contribution is 7.89. The molecule has 0 amide bonds. The molecule has 1 aliphatic heterocycles. The second-order valence-electron chi connectivity index (χ2n) is 8.71. The van der Waals surface area contributed by atoms with Gasteiger partial charge in [0.25, 0.3) is 0 Å². The number of rotatable bonds is 8. The summed E-state index contributed by atoms with van der Waals surface area (Å²) in [5, 5.41) is 1.76. The van der Waals surface area contributed by atoms with E-state index in [1.54, 1.807) is 24.4 Å². The van der Waals surface area contributed by atoms with E-state index in [0.29, 0.717) is 18.6 Å². The molecule has 0 aliphatic carbocycles. The number of nitrogens with zero attached hydrogens (tertiary/aromatic N) is 5. The molecule has 2 aromatic heterocycles. The van der Waals surface area contributed by atoms with Crippen LogP contribution >= 0.6 is 11.5 Å². The van der Waals surface area contributed by atoms with Crippen LogP contribution in [0.15, 0.2) is 65.7 Å². The number of anilines is 1.